The Kier molecular flexibility index (Phi) is 4.94. The van der Waals surface area contributed by atoms with E-state index < -0.39 is 0 Å². The van der Waals surface area contributed by atoms with Gasteiger partial charge in [0, 0.05) is 0 Å². The van der Waals surface area contributed by atoms with Crippen molar-refractivity contribution in [3.63, 3.8) is 0 Å². The molecule has 90 valence electrons. The Hall–Kier alpha value is -0.760. The van der Waals surface area contributed by atoms with Gasteiger partial charge in [0.2, 0.25) is 0 Å². The van der Waals surface area contributed by atoms with Crippen LogP contribution in [0.2, 0.25) is 0 Å². The molecule has 1 aromatic heterocycles. The molecule has 1 aromatic rings. The first-order valence-electron chi connectivity index (χ1n) is 6.68. The topological polar surface area (TPSA) is 25.2 Å². The summed E-state index contributed by atoms with van der Waals surface area (Å²) in [5, 5.41) is 3.51. The summed E-state index contributed by atoms with van der Waals surface area (Å²) < 4.78 is 5.31. The molecule has 0 spiro atoms. The van der Waals surface area contributed by atoms with E-state index in [-0.39, 0.29) is 0 Å². The number of hydrogen-bond acceptors (Lipinski definition) is 2. The zero-order chi connectivity index (χ0) is 11.1. The van der Waals surface area contributed by atoms with Crippen LogP contribution in [0.5, 0.6) is 0 Å². The van der Waals surface area contributed by atoms with Crippen molar-refractivity contribution in [3.05, 3.63) is 24.2 Å². The molecule has 0 bridgehead atoms. The summed E-state index contributed by atoms with van der Waals surface area (Å²) in [5.74, 6) is 1.93. The molecule has 2 rings (SSSR count). The smallest absolute Gasteiger partial charge is 0.117 e. The molecular formula is C14H23NO. The summed E-state index contributed by atoms with van der Waals surface area (Å²) in [6.45, 7) is 2.03. The van der Waals surface area contributed by atoms with Gasteiger partial charge in [0.05, 0.1) is 12.8 Å². The van der Waals surface area contributed by atoms with Crippen molar-refractivity contribution in [1.29, 1.82) is 0 Å². The van der Waals surface area contributed by atoms with Crippen molar-refractivity contribution < 1.29 is 4.42 Å². The number of rotatable bonds is 4. The van der Waals surface area contributed by atoms with Crippen LogP contribution in [0.1, 0.15) is 50.7 Å². The minimum Gasteiger partial charge on any atom is -0.468 e. The van der Waals surface area contributed by atoms with Gasteiger partial charge in [0.25, 0.3) is 0 Å². The van der Waals surface area contributed by atoms with Gasteiger partial charge in [0.1, 0.15) is 5.76 Å². The van der Waals surface area contributed by atoms with Crippen LogP contribution in [-0.4, -0.2) is 6.54 Å². The van der Waals surface area contributed by atoms with Crippen LogP contribution in [0.3, 0.4) is 0 Å². The molecule has 0 amide bonds. The first-order chi connectivity index (χ1) is 7.95. The zero-order valence-corrected chi connectivity index (χ0v) is 10.1. The van der Waals surface area contributed by atoms with Crippen molar-refractivity contribution in [2.45, 2.75) is 51.5 Å². The third kappa shape index (κ3) is 4.01. The molecule has 1 heterocycles. The van der Waals surface area contributed by atoms with E-state index in [0.29, 0.717) is 0 Å². The molecule has 0 aromatic carbocycles. The average molecular weight is 221 g/mol. The second-order valence-corrected chi connectivity index (χ2v) is 4.92. The van der Waals surface area contributed by atoms with E-state index in [0.717, 1.165) is 24.8 Å². The molecule has 16 heavy (non-hydrogen) atoms. The van der Waals surface area contributed by atoms with Gasteiger partial charge in [-0.1, -0.05) is 32.1 Å². The second-order valence-electron chi connectivity index (χ2n) is 4.92. The highest BCUT2D eigenvalue weighted by atomic mass is 16.3. The van der Waals surface area contributed by atoms with E-state index in [1.165, 1.54) is 44.9 Å². The van der Waals surface area contributed by atoms with Crippen LogP contribution < -0.4 is 5.32 Å². The molecule has 1 saturated carbocycles. The monoisotopic (exact) mass is 221 g/mol. The van der Waals surface area contributed by atoms with Gasteiger partial charge in [0.15, 0.2) is 0 Å². The summed E-state index contributed by atoms with van der Waals surface area (Å²) in [6.07, 6.45) is 11.7. The first kappa shape index (κ1) is 11.7. The van der Waals surface area contributed by atoms with Crippen molar-refractivity contribution in [2.24, 2.45) is 5.92 Å². The summed E-state index contributed by atoms with van der Waals surface area (Å²) in [5.41, 5.74) is 0. The molecular weight excluding hydrogens is 198 g/mol. The molecule has 1 N–H and O–H groups in total. The van der Waals surface area contributed by atoms with Gasteiger partial charge in [-0.05, 0) is 37.4 Å². The molecule has 0 unspecified atom stereocenters. The maximum absolute atomic E-state index is 5.31. The lowest BCUT2D eigenvalue weighted by molar-refractivity contribution is 0.354. The predicted octanol–water partition coefficient (Wildman–Crippen LogP) is 3.73. The van der Waals surface area contributed by atoms with Crippen molar-refractivity contribution >= 4 is 0 Å². The van der Waals surface area contributed by atoms with Crippen LogP contribution >= 0.6 is 0 Å². The molecule has 0 atom stereocenters. The number of hydrogen-bond donors (Lipinski definition) is 1. The molecule has 0 aliphatic heterocycles. The molecule has 1 aliphatic rings. The van der Waals surface area contributed by atoms with E-state index in [1.54, 1.807) is 6.26 Å². The second kappa shape index (κ2) is 6.74. The van der Waals surface area contributed by atoms with E-state index in [4.69, 9.17) is 4.42 Å². The third-order valence-electron chi connectivity index (χ3n) is 3.54. The molecule has 1 fully saturated rings. The Morgan fingerprint density at radius 3 is 2.56 bits per heavy atom. The fourth-order valence-corrected chi connectivity index (χ4v) is 2.56. The highest BCUT2D eigenvalue weighted by Gasteiger charge is 2.10. The molecule has 2 nitrogen and oxygen atoms in total. The van der Waals surface area contributed by atoms with Crippen molar-refractivity contribution in [1.82, 2.24) is 5.32 Å². The van der Waals surface area contributed by atoms with Crippen LogP contribution in [0.25, 0.3) is 0 Å². The van der Waals surface area contributed by atoms with Crippen LogP contribution in [0, 0.1) is 5.92 Å². The third-order valence-corrected chi connectivity index (χ3v) is 3.54. The van der Waals surface area contributed by atoms with E-state index >= 15 is 0 Å². The predicted molar refractivity (Wildman–Crippen MR) is 66.2 cm³/mol. The van der Waals surface area contributed by atoms with Crippen molar-refractivity contribution in [2.75, 3.05) is 6.54 Å². The Balaban J connectivity index is 1.64. The largest absolute Gasteiger partial charge is 0.468 e. The summed E-state index contributed by atoms with van der Waals surface area (Å²) in [6, 6.07) is 3.98. The van der Waals surface area contributed by atoms with E-state index in [2.05, 4.69) is 5.32 Å². The number of furan rings is 1. The minimum absolute atomic E-state index is 0.878. The van der Waals surface area contributed by atoms with Gasteiger partial charge in [-0.25, -0.2) is 0 Å². The maximum Gasteiger partial charge on any atom is 0.117 e. The molecule has 0 saturated heterocycles. The summed E-state index contributed by atoms with van der Waals surface area (Å²) in [7, 11) is 0. The van der Waals surface area contributed by atoms with Crippen molar-refractivity contribution in [3.8, 4) is 0 Å². The molecule has 0 radical (unpaired) electrons. The molecule has 1 aliphatic carbocycles. The van der Waals surface area contributed by atoms with E-state index in [1.807, 2.05) is 12.1 Å². The quantitative estimate of drug-likeness (QED) is 0.838. The lowest BCUT2D eigenvalue weighted by Crippen LogP contribution is -2.23. The highest BCUT2D eigenvalue weighted by Crippen LogP contribution is 2.21. The normalized spacial score (nSPS) is 19.2. The molecule has 2 heteroatoms. The zero-order valence-electron chi connectivity index (χ0n) is 10.1. The van der Waals surface area contributed by atoms with E-state index in [9.17, 15) is 0 Å². The lowest BCUT2D eigenvalue weighted by Gasteiger charge is -2.19. The van der Waals surface area contributed by atoms with Gasteiger partial charge < -0.3 is 9.73 Å². The highest BCUT2D eigenvalue weighted by molar-refractivity contribution is 4.97. The van der Waals surface area contributed by atoms with Gasteiger partial charge in [-0.3, -0.25) is 0 Å². The van der Waals surface area contributed by atoms with Crippen LogP contribution in [0.15, 0.2) is 22.8 Å². The van der Waals surface area contributed by atoms with Gasteiger partial charge in [-0.2, -0.15) is 0 Å². The Morgan fingerprint density at radius 1 is 1.12 bits per heavy atom. The Labute approximate surface area is 98.4 Å². The van der Waals surface area contributed by atoms with Gasteiger partial charge >= 0.3 is 0 Å². The lowest BCUT2D eigenvalue weighted by atomic mass is 9.91. The summed E-state index contributed by atoms with van der Waals surface area (Å²) >= 11 is 0. The van der Waals surface area contributed by atoms with Crippen LogP contribution in [0.4, 0.5) is 0 Å². The standard InChI is InChI=1S/C14H23NO/c1-2-4-7-13(8-5-3-1)11-15-12-14-9-6-10-16-14/h6,9-10,13,15H,1-5,7-8,11-12H2. The minimum atomic E-state index is 0.878. The van der Waals surface area contributed by atoms with Crippen LogP contribution in [-0.2, 0) is 6.54 Å². The SMILES string of the molecule is c1coc(CNCC2CCCCCCC2)c1. The summed E-state index contributed by atoms with van der Waals surface area (Å²) in [4.78, 5) is 0. The Morgan fingerprint density at radius 2 is 1.88 bits per heavy atom. The average Bonchev–Trinajstić information content (AvgIpc) is 2.73. The maximum atomic E-state index is 5.31. The van der Waals surface area contributed by atoms with Gasteiger partial charge in [-0.15, -0.1) is 0 Å². The Bertz CT molecular complexity index is 260. The number of nitrogens with one attached hydrogen (secondary N) is 1. The fraction of sp³-hybridized carbons (Fsp3) is 0.714. The fourth-order valence-electron chi connectivity index (χ4n) is 2.56. The first-order valence-corrected chi connectivity index (χ1v) is 6.68.